The Morgan fingerprint density at radius 2 is 2.33 bits per heavy atom. The van der Waals surface area contributed by atoms with Crippen molar-refractivity contribution >= 4 is 39.9 Å². The van der Waals surface area contributed by atoms with Gasteiger partial charge in [-0.2, -0.15) is 5.26 Å². The second-order valence-corrected chi connectivity index (χ2v) is 7.84. The van der Waals surface area contributed by atoms with E-state index in [4.69, 9.17) is 4.74 Å². The number of hydrogen-bond acceptors (Lipinski definition) is 7. The number of H-pyrrole nitrogens is 1. The summed E-state index contributed by atoms with van der Waals surface area (Å²) in [5, 5.41) is 21.1. The molecule has 0 spiro atoms. The van der Waals surface area contributed by atoms with Crippen LogP contribution in [0, 0.1) is 18.3 Å². The van der Waals surface area contributed by atoms with E-state index < -0.39 is 5.60 Å². The van der Waals surface area contributed by atoms with Crippen LogP contribution in [0.4, 0.5) is 5.69 Å². The average molecular weight is 358 g/mol. The number of fused-ring (bicyclic) bond motifs is 1. The van der Waals surface area contributed by atoms with Gasteiger partial charge in [-0.15, -0.1) is 11.3 Å². The molecular formula is C16H14N4O2S2. The van der Waals surface area contributed by atoms with Crippen LogP contribution in [0.25, 0.3) is 10.9 Å². The Hall–Kier alpha value is -2.05. The van der Waals surface area contributed by atoms with Crippen LogP contribution in [0.3, 0.4) is 0 Å². The monoisotopic (exact) mass is 358 g/mol. The minimum Gasteiger partial charge on any atom is -0.378 e. The number of benzene rings is 1. The molecule has 1 saturated heterocycles. The standard InChI is InChI=1S/C16H14N4O2S2/c1-9-2-3-11(14-13(9)10(4-17)5-18-14)20-24-12-6-19-15(23-12)16(21)7-22-8-16/h2-3,5-6,18,20-21H,7-8H2,1H3. The largest absolute Gasteiger partial charge is 0.378 e. The lowest BCUT2D eigenvalue weighted by atomic mass is 10.0. The molecule has 0 saturated carbocycles. The van der Waals surface area contributed by atoms with Gasteiger partial charge < -0.3 is 19.5 Å². The van der Waals surface area contributed by atoms with Crippen molar-refractivity contribution in [3.8, 4) is 6.07 Å². The van der Waals surface area contributed by atoms with E-state index in [-0.39, 0.29) is 0 Å². The van der Waals surface area contributed by atoms with Crippen LogP contribution >= 0.6 is 23.3 Å². The molecule has 3 aromatic rings. The van der Waals surface area contributed by atoms with Gasteiger partial charge in [-0.1, -0.05) is 6.07 Å². The van der Waals surface area contributed by atoms with Crippen LogP contribution in [0.2, 0.25) is 0 Å². The lowest BCUT2D eigenvalue weighted by Crippen LogP contribution is -2.46. The summed E-state index contributed by atoms with van der Waals surface area (Å²) in [7, 11) is 0. The van der Waals surface area contributed by atoms with E-state index in [2.05, 4.69) is 20.8 Å². The van der Waals surface area contributed by atoms with Crippen molar-refractivity contribution in [3.63, 3.8) is 0 Å². The van der Waals surface area contributed by atoms with Gasteiger partial charge in [0.15, 0.2) is 5.60 Å². The van der Waals surface area contributed by atoms with Crippen molar-refractivity contribution in [2.45, 2.75) is 16.7 Å². The van der Waals surface area contributed by atoms with E-state index in [9.17, 15) is 10.4 Å². The maximum absolute atomic E-state index is 10.2. The Kier molecular flexibility index (Phi) is 3.73. The summed E-state index contributed by atoms with van der Waals surface area (Å²) >= 11 is 2.88. The zero-order valence-corrected chi connectivity index (χ0v) is 14.4. The smallest absolute Gasteiger partial charge is 0.162 e. The molecule has 3 N–H and O–H groups in total. The first-order valence-electron chi connectivity index (χ1n) is 7.31. The molecule has 0 unspecified atom stereocenters. The molecule has 0 atom stereocenters. The number of aromatic amines is 1. The van der Waals surface area contributed by atoms with Gasteiger partial charge >= 0.3 is 0 Å². The van der Waals surface area contributed by atoms with Gasteiger partial charge in [-0.3, -0.25) is 0 Å². The second-order valence-electron chi connectivity index (χ2n) is 5.71. The molecule has 6 nitrogen and oxygen atoms in total. The number of nitriles is 1. The van der Waals surface area contributed by atoms with Gasteiger partial charge in [0.25, 0.3) is 0 Å². The number of aromatic nitrogens is 2. The van der Waals surface area contributed by atoms with Crippen LogP contribution in [0.15, 0.2) is 28.7 Å². The molecule has 1 fully saturated rings. The summed E-state index contributed by atoms with van der Waals surface area (Å²) in [4.78, 5) is 7.46. The van der Waals surface area contributed by atoms with E-state index >= 15 is 0 Å². The molecule has 3 heterocycles. The molecule has 0 amide bonds. The first-order valence-corrected chi connectivity index (χ1v) is 8.94. The van der Waals surface area contributed by atoms with E-state index in [1.165, 1.54) is 23.3 Å². The van der Waals surface area contributed by atoms with Gasteiger partial charge in [0.05, 0.1) is 36.2 Å². The maximum Gasteiger partial charge on any atom is 0.162 e. The van der Waals surface area contributed by atoms with Gasteiger partial charge in [-0.05, 0) is 30.5 Å². The number of nitrogens with zero attached hydrogens (tertiary/aromatic N) is 2. The number of aryl methyl sites for hydroxylation is 1. The van der Waals surface area contributed by atoms with Gasteiger partial charge in [0.1, 0.15) is 15.3 Å². The third-order valence-corrected chi connectivity index (χ3v) is 6.10. The zero-order valence-electron chi connectivity index (χ0n) is 12.8. The number of rotatable bonds is 4. The normalized spacial score (nSPS) is 15.9. The summed E-state index contributed by atoms with van der Waals surface area (Å²) in [5.74, 6) is 0. The van der Waals surface area contributed by atoms with Gasteiger partial charge in [0, 0.05) is 11.6 Å². The summed E-state index contributed by atoms with van der Waals surface area (Å²) < 4.78 is 9.32. The molecule has 4 rings (SSSR count). The molecule has 0 bridgehead atoms. The van der Waals surface area contributed by atoms with Gasteiger partial charge in [-0.25, -0.2) is 4.98 Å². The number of thiazole rings is 1. The predicted octanol–water partition coefficient (Wildman–Crippen LogP) is 3.14. The number of hydrogen-bond donors (Lipinski definition) is 3. The fourth-order valence-corrected chi connectivity index (χ4v) is 4.36. The summed E-state index contributed by atoms with van der Waals surface area (Å²) in [6.45, 7) is 2.59. The Labute approximate surface area is 146 Å². The SMILES string of the molecule is Cc1ccc(NSc2cnc(C3(O)COC3)s2)c2[nH]cc(C#N)c12. The van der Waals surface area contributed by atoms with Crippen LogP contribution in [-0.2, 0) is 10.3 Å². The average Bonchev–Trinajstić information content (AvgIpc) is 3.19. The van der Waals surface area contributed by atoms with Crippen molar-refractivity contribution in [1.82, 2.24) is 9.97 Å². The highest BCUT2D eigenvalue weighted by Crippen LogP contribution is 2.37. The van der Waals surface area contributed by atoms with Crippen molar-refractivity contribution in [3.05, 3.63) is 40.7 Å². The maximum atomic E-state index is 10.2. The second kappa shape index (κ2) is 5.79. The highest BCUT2D eigenvalue weighted by Gasteiger charge is 2.40. The van der Waals surface area contributed by atoms with Crippen LogP contribution < -0.4 is 4.72 Å². The number of anilines is 1. The quantitative estimate of drug-likeness (QED) is 0.620. The number of nitrogens with one attached hydrogen (secondary N) is 2. The molecule has 8 heteroatoms. The molecule has 122 valence electrons. The molecular weight excluding hydrogens is 344 g/mol. The van der Waals surface area contributed by atoms with Gasteiger partial charge in [0.2, 0.25) is 0 Å². The highest BCUT2D eigenvalue weighted by atomic mass is 32.2. The first-order chi connectivity index (χ1) is 11.6. The van der Waals surface area contributed by atoms with E-state index in [0.717, 1.165) is 26.4 Å². The van der Waals surface area contributed by atoms with Crippen molar-refractivity contribution < 1.29 is 9.84 Å². The Bertz CT molecular complexity index is 953. The minimum atomic E-state index is -0.929. The minimum absolute atomic E-state index is 0.302. The van der Waals surface area contributed by atoms with E-state index in [1.54, 1.807) is 12.4 Å². The van der Waals surface area contributed by atoms with Crippen LogP contribution in [-0.4, -0.2) is 28.3 Å². The van der Waals surface area contributed by atoms with Crippen LogP contribution in [0.5, 0.6) is 0 Å². The topological polar surface area (TPSA) is 94.0 Å². The molecule has 0 aliphatic carbocycles. The molecule has 24 heavy (non-hydrogen) atoms. The third-order valence-electron chi connectivity index (χ3n) is 3.99. The van der Waals surface area contributed by atoms with Crippen molar-refractivity contribution in [2.75, 3.05) is 17.9 Å². The Morgan fingerprint density at radius 3 is 3.04 bits per heavy atom. The fourth-order valence-electron chi connectivity index (χ4n) is 2.64. The fraction of sp³-hybridized carbons (Fsp3) is 0.250. The molecule has 2 aromatic heterocycles. The Balaban J connectivity index is 1.56. The Morgan fingerprint density at radius 1 is 1.50 bits per heavy atom. The summed E-state index contributed by atoms with van der Waals surface area (Å²) in [6.07, 6.45) is 3.47. The molecule has 1 aliphatic rings. The number of ether oxygens (including phenoxy) is 1. The molecule has 1 aromatic carbocycles. The van der Waals surface area contributed by atoms with E-state index in [1.807, 2.05) is 19.1 Å². The summed E-state index contributed by atoms with van der Waals surface area (Å²) in [5.41, 5.74) is 2.59. The molecule has 1 aliphatic heterocycles. The predicted molar refractivity (Wildman–Crippen MR) is 94.1 cm³/mol. The summed E-state index contributed by atoms with van der Waals surface area (Å²) in [6, 6.07) is 6.19. The van der Waals surface area contributed by atoms with Crippen LogP contribution in [0.1, 0.15) is 16.1 Å². The van der Waals surface area contributed by atoms with Crippen molar-refractivity contribution in [1.29, 1.82) is 5.26 Å². The lowest BCUT2D eigenvalue weighted by molar-refractivity contribution is -0.184. The highest BCUT2D eigenvalue weighted by molar-refractivity contribution is 8.02. The first kappa shape index (κ1) is 15.5. The third kappa shape index (κ3) is 2.46. The van der Waals surface area contributed by atoms with E-state index in [0.29, 0.717) is 23.8 Å². The lowest BCUT2D eigenvalue weighted by Gasteiger charge is -2.34. The molecule has 0 radical (unpaired) electrons. The number of aliphatic hydroxyl groups is 1. The zero-order chi connectivity index (χ0) is 16.7. The van der Waals surface area contributed by atoms with Crippen molar-refractivity contribution in [2.24, 2.45) is 0 Å².